The van der Waals surface area contributed by atoms with Crippen LogP contribution in [0.2, 0.25) is 0 Å². The number of rotatable bonds is 6. The fraction of sp³-hybridized carbons (Fsp3) is 0.759. The van der Waals surface area contributed by atoms with Crippen LogP contribution >= 0.6 is 0 Å². The van der Waals surface area contributed by atoms with Crippen molar-refractivity contribution in [2.45, 2.75) is 192 Å². The second-order valence-electron chi connectivity index (χ2n) is 25.1. The van der Waals surface area contributed by atoms with Crippen molar-refractivity contribution in [1.82, 2.24) is 0 Å². The molecule has 0 spiro atoms. The summed E-state index contributed by atoms with van der Waals surface area (Å²) in [6.45, 7) is 18.8. The SMILES string of the molecule is CC(C)(C)CC(=O)OCC(=O)[C@@]12OC(C)(C)O[C@@H]1C[C@H]1[C@@H]3CCC4=CC(=O)C=C[C@]4(C)[C@@]3(F)[C@@H](O)C[C@@]12C.CC1(C)O[C@@H]2C[C@H]3[C@@H]4CCC5=CC(=O)C=C[C@]5(C)[C@@]4(F)[C@@H](O)C[C@]3(C)[C@]2(C(=O)CO)O1. The summed E-state index contributed by atoms with van der Waals surface area (Å²) in [5.41, 5.74) is -9.83. The van der Waals surface area contributed by atoms with Crippen LogP contribution in [0.4, 0.5) is 8.78 Å². The monoisotopic (exact) mass is 966 g/mol. The van der Waals surface area contributed by atoms with Crippen LogP contribution in [0.15, 0.2) is 47.6 Å². The Morgan fingerprint density at radius 2 is 1.09 bits per heavy atom. The van der Waals surface area contributed by atoms with Crippen molar-refractivity contribution in [2.24, 2.45) is 50.7 Å². The molecule has 13 nitrogen and oxygen atoms in total. The standard InChI is InChI=1S/C30H41FO7.C24H31FO6/c1-25(2,3)15-24(35)36-16-22(34)30-23(37-26(4,5)38-30)13-20-19-9-8-17-12-18(32)10-11-27(17,6)29(19,31)21(33)14-28(20,30)7;1-20(2)30-19-10-16-15-6-5-13-9-14(27)7-8-21(13,3)23(15,25)17(28)11-22(16,4)24(19,31-20)18(29)12-26/h10-12,19-21,23,33H,8-9,13-16H2,1-7H3;7-9,15-17,19,26,28H,5-6,10-12H2,1-4H3/t19-,20-,21-,23+,27-,28-,29-,30+;15-,16-,17-,19+,21-,22-,23-,24+/m00/s1. The number of carbonyl (C=O) groups excluding carboxylic acids is 5. The largest absolute Gasteiger partial charge is 0.458 e. The predicted octanol–water partition coefficient (Wildman–Crippen LogP) is 6.82. The highest BCUT2D eigenvalue weighted by Crippen LogP contribution is 2.74. The highest BCUT2D eigenvalue weighted by atomic mass is 19.1. The molecule has 8 aliphatic carbocycles. The second kappa shape index (κ2) is 15.6. The maximum atomic E-state index is 17.4. The normalized spacial score (nSPS) is 48.2. The van der Waals surface area contributed by atoms with Crippen molar-refractivity contribution >= 4 is 29.1 Å². The zero-order valence-corrected chi connectivity index (χ0v) is 42.0. The van der Waals surface area contributed by atoms with Gasteiger partial charge < -0.3 is 39.0 Å². The second-order valence-corrected chi connectivity index (χ2v) is 25.1. The molecule has 380 valence electrons. The topological polar surface area (TPSA) is 192 Å². The predicted molar refractivity (Wildman–Crippen MR) is 245 cm³/mol. The molecule has 3 N–H and O–H groups in total. The minimum absolute atomic E-state index is 0.0109. The smallest absolute Gasteiger partial charge is 0.306 e. The van der Waals surface area contributed by atoms with Gasteiger partial charge in [0.2, 0.25) is 5.78 Å². The molecule has 0 aromatic carbocycles. The third kappa shape index (κ3) is 6.71. The summed E-state index contributed by atoms with van der Waals surface area (Å²) in [5.74, 6) is -5.48. The Morgan fingerprint density at radius 3 is 1.48 bits per heavy atom. The molecular weight excluding hydrogens is 895 g/mol. The van der Waals surface area contributed by atoms with Crippen molar-refractivity contribution in [3.8, 4) is 0 Å². The molecule has 10 rings (SSSR count). The number of hydrogen-bond donors (Lipinski definition) is 3. The number of fused-ring (bicyclic) bond motifs is 14. The number of carbonyl (C=O) groups is 5. The Labute approximate surface area is 403 Å². The maximum absolute atomic E-state index is 17.4. The molecule has 0 bridgehead atoms. The summed E-state index contributed by atoms with van der Waals surface area (Å²) in [5, 5.41) is 32.8. The maximum Gasteiger partial charge on any atom is 0.306 e. The summed E-state index contributed by atoms with van der Waals surface area (Å²) in [7, 11) is 0. The van der Waals surface area contributed by atoms with Gasteiger partial charge in [-0.3, -0.25) is 24.0 Å². The van der Waals surface area contributed by atoms with Crippen molar-refractivity contribution in [3.63, 3.8) is 0 Å². The Kier molecular flexibility index (Phi) is 11.4. The van der Waals surface area contributed by atoms with E-state index in [-0.39, 0.29) is 48.1 Å². The van der Waals surface area contributed by atoms with Crippen LogP contribution in [0.1, 0.15) is 134 Å². The van der Waals surface area contributed by atoms with E-state index in [2.05, 4.69) is 0 Å². The van der Waals surface area contributed by atoms with Gasteiger partial charge in [0, 0.05) is 33.5 Å². The molecular formula is C54H72F2O13. The van der Waals surface area contributed by atoms with Crippen LogP contribution in [0.25, 0.3) is 0 Å². The van der Waals surface area contributed by atoms with Crippen LogP contribution in [0.3, 0.4) is 0 Å². The summed E-state index contributed by atoms with van der Waals surface area (Å²) in [6, 6.07) is 0. The highest BCUT2D eigenvalue weighted by molar-refractivity contribution is 6.02. The average Bonchev–Trinajstić information content (AvgIpc) is 3.85. The van der Waals surface area contributed by atoms with Crippen LogP contribution in [0, 0.1) is 50.7 Å². The molecule has 8 fully saturated rings. The van der Waals surface area contributed by atoms with E-state index < -0.39 is 123 Å². The Hall–Kier alpha value is -3.31. The lowest BCUT2D eigenvalue weighted by atomic mass is 9.44. The summed E-state index contributed by atoms with van der Waals surface area (Å²) in [6.07, 6.45) is 7.95. The van der Waals surface area contributed by atoms with E-state index in [9.17, 15) is 39.3 Å². The molecule has 0 unspecified atom stereocenters. The summed E-state index contributed by atoms with van der Waals surface area (Å²) in [4.78, 5) is 63.7. The number of halogens is 2. The minimum Gasteiger partial charge on any atom is -0.458 e. The molecule has 2 heterocycles. The first-order valence-electron chi connectivity index (χ1n) is 25.0. The van der Waals surface area contributed by atoms with Crippen molar-refractivity contribution in [1.29, 1.82) is 0 Å². The van der Waals surface area contributed by atoms with E-state index in [4.69, 9.17) is 23.7 Å². The van der Waals surface area contributed by atoms with Gasteiger partial charge in [0.15, 0.2) is 58.1 Å². The van der Waals surface area contributed by atoms with E-state index in [0.29, 0.717) is 44.1 Å². The zero-order chi connectivity index (χ0) is 50.7. The third-order valence-corrected chi connectivity index (χ3v) is 19.3. The number of aliphatic hydroxyl groups excluding tert-OH is 3. The summed E-state index contributed by atoms with van der Waals surface area (Å²) < 4.78 is 65.1. The third-order valence-electron chi connectivity index (χ3n) is 19.3. The molecule has 0 aromatic rings. The fourth-order valence-electron chi connectivity index (χ4n) is 16.5. The van der Waals surface area contributed by atoms with Gasteiger partial charge in [-0.25, -0.2) is 8.78 Å². The molecule has 0 aromatic heterocycles. The van der Waals surface area contributed by atoms with Crippen LogP contribution < -0.4 is 0 Å². The lowest BCUT2D eigenvalue weighted by molar-refractivity contribution is -0.246. The molecule has 15 heteroatoms. The molecule has 2 aliphatic heterocycles. The average molecular weight is 967 g/mol. The van der Waals surface area contributed by atoms with Gasteiger partial charge in [-0.15, -0.1) is 0 Å². The van der Waals surface area contributed by atoms with Crippen LogP contribution in [0.5, 0.6) is 0 Å². The quantitative estimate of drug-likeness (QED) is 0.235. The van der Waals surface area contributed by atoms with E-state index in [1.54, 1.807) is 53.7 Å². The molecule has 0 amide bonds. The van der Waals surface area contributed by atoms with E-state index in [1.165, 1.54) is 24.3 Å². The fourth-order valence-corrected chi connectivity index (χ4v) is 16.5. The first kappa shape index (κ1) is 50.6. The number of aliphatic hydroxyl groups is 3. The number of Topliss-reactive ketones (excluding diaryl/α,β-unsaturated/α-hetero) is 2. The van der Waals surface area contributed by atoms with Gasteiger partial charge >= 0.3 is 5.97 Å². The Morgan fingerprint density at radius 1 is 0.681 bits per heavy atom. The lowest BCUT2D eigenvalue weighted by Crippen LogP contribution is -2.70. The van der Waals surface area contributed by atoms with Gasteiger partial charge in [0.05, 0.1) is 30.8 Å². The highest BCUT2D eigenvalue weighted by Gasteiger charge is 2.82. The Bertz CT molecular complexity index is 2380. The molecule has 16 atom stereocenters. The Balaban J connectivity index is 0.000000175. The number of ketones is 4. The first-order valence-corrected chi connectivity index (χ1v) is 25.0. The zero-order valence-electron chi connectivity index (χ0n) is 42.0. The van der Waals surface area contributed by atoms with Gasteiger partial charge in [-0.05, 0) is 134 Å². The number of esters is 1. The van der Waals surface area contributed by atoms with Crippen LogP contribution in [-0.2, 0) is 47.7 Å². The van der Waals surface area contributed by atoms with Crippen molar-refractivity contribution in [2.75, 3.05) is 13.2 Å². The lowest BCUT2D eigenvalue weighted by Gasteiger charge is -2.62. The molecule has 69 heavy (non-hydrogen) atoms. The van der Waals surface area contributed by atoms with E-state index in [1.807, 2.05) is 34.6 Å². The molecule has 6 saturated carbocycles. The number of allylic oxidation sites excluding steroid dienone is 8. The van der Waals surface area contributed by atoms with Gasteiger partial charge in [-0.1, -0.05) is 57.9 Å². The van der Waals surface area contributed by atoms with E-state index >= 15 is 8.78 Å². The molecule has 10 aliphatic rings. The first-order chi connectivity index (χ1) is 31.7. The van der Waals surface area contributed by atoms with Gasteiger partial charge in [-0.2, -0.15) is 0 Å². The number of alkyl halides is 2. The number of hydrogen-bond acceptors (Lipinski definition) is 13. The number of ether oxygens (including phenoxy) is 5. The minimum atomic E-state index is -2.02. The van der Waals surface area contributed by atoms with Gasteiger partial charge in [0.25, 0.3) is 0 Å². The van der Waals surface area contributed by atoms with Crippen molar-refractivity contribution < 1.29 is 71.8 Å². The van der Waals surface area contributed by atoms with Gasteiger partial charge in [0.1, 0.15) is 6.61 Å². The van der Waals surface area contributed by atoms with Crippen molar-refractivity contribution in [3.05, 3.63) is 47.6 Å². The molecule has 2 saturated heterocycles. The molecule has 0 radical (unpaired) electrons. The summed E-state index contributed by atoms with van der Waals surface area (Å²) >= 11 is 0. The van der Waals surface area contributed by atoms with Crippen LogP contribution in [-0.4, -0.2) is 116 Å². The van der Waals surface area contributed by atoms with E-state index in [0.717, 1.165) is 5.57 Å².